The summed E-state index contributed by atoms with van der Waals surface area (Å²) in [7, 11) is 0. The Morgan fingerprint density at radius 1 is 1.32 bits per heavy atom. The first-order valence-electron chi connectivity index (χ1n) is 5.84. The van der Waals surface area contributed by atoms with Crippen molar-refractivity contribution in [2.24, 2.45) is 5.73 Å². The highest BCUT2D eigenvalue weighted by Gasteiger charge is 2.18. The van der Waals surface area contributed by atoms with Crippen molar-refractivity contribution in [2.75, 3.05) is 0 Å². The van der Waals surface area contributed by atoms with E-state index in [1.165, 1.54) is 0 Å². The Morgan fingerprint density at radius 2 is 2.11 bits per heavy atom. The highest BCUT2D eigenvalue weighted by Crippen LogP contribution is 2.27. The van der Waals surface area contributed by atoms with Gasteiger partial charge >= 0.3 is 0 Å². The van der Waals surface area contributed by atoms with Crippen LogP contribution in [0.25, 0.3) is 0 Å². The predicted octanol–water partition coefficient (Wildman–Crippen LogP) is 3.96. The normalized spacial score (nSPS) is 13.9. The highest BCUT2D eigenvalue weighted by molar-refractivity contribution is 9.10. The number of hydrogen-bond donors (Lipinski definition) is 1. The molecule has 0 aliphatic rings. The van der Waals surface area contributed by atoms with Gasteiger partial charge < -0.3 is 10.5 Å². The SMILES string of the molecule is CC(N)C(Oc1cncc(Br)c1)c1cccc(Cl)c1. The fourth-order valence-electron chi connectivity index (χ4n) is 1.77. The molecule has 0 bridgehead atoms. The number of nitrogens with zero attached hydrogens (tertiary/aromatic N) is 1. The van der Waals surface area contributed by atoms with Crippen LogP contribution in [0, 0.1) is 0 Å². The van der Waals surface area contributed by atoms with E-state index >= 15 is 0 Å². The van der Waals surface area contributed by atoms with Gasteiger partial charge in [0.05, 0.1) is 6.20 Å². The molecule has 0 aliphatic heterocycles. The van der Waals surface area contributed by atoms with E-state index in [-0.39, 0.29) is 12.1 Å². The molecule has 0 radical (unpaired) electrons. The fraction of sp³-hybridized carbons (Fsp3) is 0.214. The van der Waals surface area contributed by atoms with Gasteiger partial charge in [0.25, 0.3) is 0 Å². The van der Waals surface area contributed by atoms with Crippen molar-refractivity contribution < 1.29 is 4.74 Å². The van der Waals surface area contributed by atoms with Gasteiger partial charge in [0.15, 0.2) is 0 Å². The maximum absolute atomic E-state index is 6.01. The molecule has 5 heteroatoms. The van der Waals surface area contributed by atoms with Crippen LogP contribution < -0.4 is 10.5 Å². The quantitative estimate of drug-likeness (QED) is 0.915. The van der Waals surface area contributed by atoms with Crippen molar-refractivity contribution >= 4 is 27.5 Å². The van der Waals surface area contributed by atoms with Gasteiger partial charge in [-0.2, -0.15) is 0 Å². The van der Waals surface area contributed by atoms with Crippen molar-refractivity contribution in [1.82, 2.24) is 4.98 Å². The van der Waals surface area contributed by atoms with E-state index in [9.17, 15) is 0 Å². The van der Waals surface area contributed by atoms with Gasteiger partial charge in [-0.3, -0.25) is 4.98 Å². The highest BCUT2D eigenvalue weighted by atomic mass is 79.9. The molecule has 0 spiro atoms. The minimum absolute atomic E-state index is 0.169. The zero-order valence-electron chi connectivity index (χ0n) is 10.4. The summed E-state index contributed by atoms with van der Waals surface area (Å²) in [6.07, 6.45) is 3.09. The molecule has 0 aliphatic carbocycles. The van der Waals surface area contributed by atoms with Gasteiger partial charge in [-0.05, 0) is 46.6 Å². The first kappa shape index (κ1) is 14.3. The summed E-state index contributed by atoms with van der Waals surface area (Å²) in [6.45, 7) is 1.90. The predicted molar refractivity (Wildman–Crippen MR) is 80.4 cm³/mol. The lowest BCUT2D eigenvalue weighted by Crippen LogP contribution is -2.29. The molecule has 0 saturated heterocycles. The molecule has 19 heavy (non-hydrogen) atoms. The molecule has 1 heterocycles. The van der Waals surface area contributed by atoms with Gasteiger partial charge in [0.2, 0.25) is 0 Å². The smallest absolute Gasteiger partial charge is 0.139 e. The Hall–Kier alpha value is -1.10. The van der Waals surface area contributed by atoms with Crippen LogP contribution in [0.15, 0.2) is 47.2 Å². The molecular formula is C14H14BrClN2O. The largest absolute Gasteiger partial charge is 0.482 e. The topological polar surface area (TPSA) is 48.1 Å². The molecule has 0 saturated carbocycles. The number of hydrogen-bond acceptors (Lipinski definition) is 3. The summed E-state index contributed by atoms with van der Waals surface area (Å²) in [5.41, 5.74) is 6.95. The molecule has 1 aromatic heterocycles. The number of aromatic nitrogens is 1. The summed E-state index contributed by atoms with van der Waals surface area (Å²) in [5.74, 6) is 0.664. The molecule has 100 valence electrons. The molecule has 2 N–H and O–H groups in total. The van der Waals surface area contributed by atoms with Crippen molar-refractivity contribution in [2.45, 2.75) is 19.1 Å². The van der Waals surface area contributed by atoms with Gasteiger partial charge in [0, 0.05) is 21.7 Å². The minimum Gasteiger partial charge on any atom is -0.482 e. The molecule has 1 aromatic carbocycles. The second kappa shape index (κ2) is 6.37. The Labute approximate surface area is 125 Å². The Kier molecular flexibility index (Phi) is 4.80. The second-order valence-electron chi connectivity index (χ2n) is 4.29. The lowest BCUT2D eigenvalue weighted by Gasteiger charge is -2.23. The van der Waals surface area contributed by atoms with Crippen LogP contribution in [-0.2, 0) is 0 Å². The minimum atomic E-state index is -0.269. The molecule has 0 fully saturated rings. The van der Waals surface area contributed by atoms with Crippen LogP contribution in [0.5, 0.6) is 5.75 Å². The fourth-order valence-corrected chi connectivity index (χ4v) is 2.31. The third-order valence-electron chi connectivity index (χ3n) is 2.60. The van der Waals surface area contributed by atoms with E-state index < -0.39 is 0 Å². The molecule has 2 aromatic rings. The molecule has 3 nitrogen and oxygen atoms in total. The maximum Gasteiger partial charge on any atom is 0.139 e. The Balaban J connectivity index is 2.26. The average Bonchev–Trinajstić information content (AvgIpc) is 2.35. The lowest BCUT2D eigenvalue weighted by molar-refractivity contribution is 0.179. The number of rotatable bonds is 4. The van der Waals surface area contributed by atoms with Gasteiger partial charge in [-0.1, -0.05) is 23.7 Å². The summed E-state index contributed by atoms with van der Waals surface area (Å²) in [6, 6.07) is 9.20. The Bertz CT molecular complexity index is 563. The first-order valence-corrected chi connectivity index (χ1v) is 7.01. The summed E-state index contributed by atoms with van der Waals surface area (Å²) < 4.78 is 6.78. The van der Waals surface area contributed by atoms with Gasteiger partial charge in [-0.25, -0.2) is 0 Å². The number of benzene rings is 1. The molecule has 2 rings (SSSR count). The van der Waals surface area contributed by atoms with Crippen molar-refractivity contribution in [1.29, 1.82) is 0 Å². The zero-order valence-corrected chi connectivity index (χ0v) is 12.7. The number of pyridine rings is 1. The first-order chi connectivity index (χ1) is 9.06. The summed E-state index contributed by atoms with van der Waals surface area (Å²) in [5, 5.41) is 0.666. The van der Waals surface area contributed by atoms with E-state index in [4.69, 9.17) is 22.1 Å². The van der Waals surface area contributed by atoms with E-state index in [1.807, 2.05) is 37.3 Å². The number of halogens is 2. The Morgan fingerprint density at radius 3 is 2.74 bits per heavy atom. The average molecular weight is 342 g/mol. The van der Waals surface area contributed by atoms with E-state index in [1.54, 1.807) is 12.4 Å². The van der Waals surface area contributed by atoms with Crippen molar-refractivity contribution in [3.05, 3.63) is 57.8 Å². The molecular weight excluding hydrogens is 328 g/mol. The number of nitrogens with two attached hydrogens (primary N) is 1. The summed E-state index contributed by atoms with van der Waals surface area (Å²) >= 11 is 9.37. The van der Waals surface area contributed by atoms with Gasteiger partial charge in [-0.15, -0.1) is 0 Å². The van der Waals surface area contributed by atoms with Crippen LogP contribution in [-0.4, -0.2) is 11.0 Å². The third-order valence-corrected chi connectivity index (χ3v) is 3.27. The van der Waals surface area contributed by atoms with Gasteiger partial charge in [0.1, 0.15) is 11.9 Å². The summed E-state index contributed by atoms with van der Waals surface area (Å²) in [4.78, 5) is 4.07. The van der Waals surface area contributed by atoms with Crippen LogP contribution in [0.1, 0.15) is 18.6 Å². The van der Waals surface area contributed by atoms with E-state index in [0.29, 0.717) is 10.8 Å². The van der Waals surface area contributed by atoms with Crippen molar-refractivity contribution in [3.8, 4) is 5.75 Å². The maximum atomic E-state index is 6.01. The van der Waals surface area contributed by atoms with Crippen molar-refractivity contribution in [3.63, 3.8) is 0 Å². The molecule has 2 unspecified atom stereocenters. The standard InChI is InChI=1S/C14H14BrClN2O/c1-9(17)14(10-3-2-4-12(16)5-10)19-13-6-11(15)7-18-8-13/h2-9,14H,17H2,1H3. The van der Waals surface area contributed by atoms with E-state index in [2.05, 4.69) is 20.9 Å². The van der Waals surface area contributed by atoms with E-state index in [0.717, 1.165) is 10.0 Å². The lowest BCUT2D eigenvalue weighted by atomic mass is 10.0. The van der Waals surface area contributed by atoms with Crippen LogP contribution >= 0.6 is 27.5 Å². The third kappa shape index (κ3) is 3.93. The van der Waals surface area contributed by atoms with Crippen LogP contribution in [0.4, 0.5) is 0 Å². The molecule has 2 atom stereocenters. The van der Waals surface area contributed by atoms with Crippen LogP contribution in [0.3, 0.4) is 0 Å². The molecule has 0 amide bonds. The number of ether oxygens (including phenoxy) is 1. The zero-order chi connectivity index (χ0) is 13.8. The monoisotopic (exact) mass is 340 g/mol. The van der Waals surface area contributed by atoms with Crippen LogP contribution in [0.2, 0.25) is 5.02 Å². The second-order valence-corrected chi connectivity index (χ2v) is 5.64.